The summed E-state index contributed by atoms with van der Waals surface area (Å²) in [5.74, 6) is -0.153. The van der Waals surface area contributed by atoms with Crippen LogP contribution in [0.15, 0.2) is 36.5 Å². The monoisotopic (exact) mass is 275 g/mol. The van der Waals surface area contributed by atoms with Gasteiger partial charge in [0.15, 0.2) is 0 Å². The van der Waals surface area contributed by atoms with Gasteiger partial charge < -0.3 is 4.74 Å². The lowest BCUT2D eigenvalue weighted by molar-refractivity contribution is 0.0545. The van der Waals surface area contributed by atoms with Crippen LogP contribution in [0.5, 0.6) is 0 Å². The Morgan fingerprint density at radius 3 is 2.95 bits per heavy atom. The second-order valence-corrected chi connectivity index (χ2v) is 5.12. The van der Waals surface area contributed by atoms with Crippen molar-refractivity contribution in [3.8, 4) is 0 Å². The number of rotatable bonds is 3. The van der Waals surface area contributed by atoms with Crippen LogP contribution >= 0.6 is 0 Å². The quantitative estimate of drug-likeness (QED) is 0.859. The van der Waals surface area contributed by atoms with Gasteiger partial charge in [-0.25, -0.2) is 4.39 Å². The molecule has 0 amide bonds. The molecule has 0 saturated carbocycles. The van der Waals surface area contributed by atoms with E-state index in [-0.39, 0.29) is 11.9 Å². The standard InChI is InChI=1S/C15H18FN3O/c1-20-14-10-18(8-12-4-2-3-5-15(12)16)9-13-6-7-17-19(13)11-14/h2-7,14H,8-11H2,1H3/t14-/m1/s1. The van der Waals surface area contributed by atoms with E-state index in [1.807, 2.05) is 22.9 Å². The molecule has 1 aliphatic heterocycles. The van der Waals surface area contributed by atoms with Gasteiger partial charge in [-0.05, 0) is 12.1 Å². The van der Waals surface area contributed by atoms with Gasteiger partial charge in [-0.1, -0.05) is 18.2 Å². The minimum atomic E-state index is -0.153. The number of halogens is 1. The predicted octanol–water partition coefficient (Wildman–Crippen LogP) is 2.05. The van der Waals surface area contributed by atoms with E-state index in [9.17, 15) is 4.39 Å². The number of hydrogen-bond donors (Lipinski definition) is 0. The molecule has 1 aromatic carbocycles. The van der Waals surface area contributed by atoms with Gasteiger partial charge in [0.2, 0.25) is 0 Å². The Morgan fingerprint density at radius 2 is 2.15 bits per heavy atom. The molecule has 1 aliphatic rings. The van der Waals surface area contributed by atoms with Crippen molar-refractivity contribution in [2.24, 2.45) is 0 Å². The molecule has 0 fully saturated rings. The molecule has 2 aromatic rings. The maximum Gasteiger partial charge on any atom is 0.127 e. The topological polar surface area (TPSA) is 30.3 Å². The average molecular weight is 275 g/mol. The number of methoxy groups -OCH3 is 1. The average Bonchev–Trinajstić information content (AvgIpc) is 2.80. The molecule has 3 rings (SSSR count). The second-order valence-electron chi connectivity index (χ2n) is 5.12. The van der Waals surface area contributed by atoms with Crippen LogP contribution in [-0.2, 0) is 24.4 Å². The highest BCUT2D eigenvalue weighted by molar-refractivity contribution is 5.17. The second kappa shape index (κ2) is 5.73. The van der Waals surface area contributed by atoms with Crippen molar-refractivity contribution in [1.29, 1.82) is 0 Å². The first-order valence-electron chi connectivity index (χ1n) is 6.75. The Balaban J connectivity index is 1.81. The zero-order chi connectivity index (χ0) is 13.9. The predicted molar refractivity (Wildman–Crippen MR) is 73.5 cm³/mol. The smallest absolute Gasteiger partial charge is 0.127 e. The molecule has 0 saturated heterocycles. The van der Waals surface area contributed by atoms with Crippen LogP contribution in [-0.4, -0.2) is 34.4 Å². The van der Waals surface area contributed by atoms with Gasteiger partial charge >= 0.3 is 0 Å². The normalized spacial score (nSPS) is 19.6. The molecule has 0 unspecified atom stereocenters. The van der Waals surface area contributed by atoms with E-state index in [4.69, 9.17) is 4.74 Å². The van der Waals surface area contributed by atoms with E-state index in [1.54, 1.807) is 19.4 Å². The van der Waals surface area contributed by atoms with Gasteiger partial charge in [0.1, 0.15) is 5.82 Å². The van der Waals surface area contributed by atoms with Crippen molar-refractivity contribution in [3.05, 3.63) is 53.6 Å². The molecule has 20 heavy (non-hydrogen) atoms. The number of aromatic nitrogens is 2. The first kappa shape index (κ1) is 13.3. The highest BCUT2D eigenvalue weighted by Crippen LogP contribution is 2.17. The summed E-state index contributed by atoms with van der Waals surface area (Å²) in [5.41, 5.74) is 1.86. The van der Waals surface area contributed by atoms with Crippen LogP contribution in [0.3, 0.4) is 0 Å². The fraction of sp³-hybridized carbons (Fsp3) is 0.400. The zero-order valence-corrected chi connectivity index (χ0v) is 11.5. The summed E-state index contributed by atoms with van der Waals surface area (Å²) in [5, 5.41) is 4.31. The van der Waals surface area contributed by atoms with Crippen molar-refractivity contribution < 1.29 is 9.13 Å². The summed E-state index contributed by atoms with van der Waals surface area (Å²) >= 11 is 0. The number of benzene rings is 1. The number of nitrogens with zero attached hydrogens (tertiary/aromatic N) is 3. The molecular weight excluding hydrogens is 257 g/mol. The molecular formula is C15H18FN3O. The highest BCUT2D eigenvalue weighted by atomic mass is 19.1. The van der Waals surface area contributed by atoms with Crippen molar-refractivity contribution in [1.82, 2.24) is 14.7 Å². The molecule has 0 spiro atoms. The third kappa shape index (κ3) is 2.73. The summed E-state index contributed by atoms with van der Waals surface area (Å²) < 4.78 is 21.3. The highest BCUT2D eigenvalue weighted by Gasteiger charge is 2.22. The van der Waals surface area contributed by atoms with E-state index >= 15 is 0 Å². The Bertz CT molecular complexity index is 584. The number of fused-ring (bicyclic) bond motifs is 1. The van der Waals surface area contributed by atoms with E-state index in [0.717, 1.165) is 30.9 Å². The van der Waals surface area contributed by atoms with E-state index in [0.29, 0.717) is 6.54 Å². The summed E-state index contributed by atoms with van der Waals surface area (Å²) in [6, 6.07) is 8.93. The first-order chi connectivity index (χ1) is 9.76. The molecule has 2 heterocycles. The van der Waals surface area contributed by atoms with Gasteiger partial charge in [0, 0.05) is 38.5 Å². The lowest BCUT2D eigenvalue weighted by atomic mass is 10.2. The Morgan fingerprint density at radius 1 is 1.30 bits per heavy atom. The molecule has 1 atom stereocenters. The first-order valence-corrected chi connectivity index (χ1v) is 6.75. The molecule has 106 valence electrons. The Labute approximate surface area is 117 Å². The maximum absolute atomic E-state index is 13.8. The molecule has 1 aromatic heterocycles. The third-order valence-electron chi connectivity index (χ3n) is 3.71. The maximum atomic E-state index is 13.8. The largest absolute Gasteiger partial charge is 0.378 e. The van der Waals surface area contributed by atoms with Gasteiger partial charge in [-0.15, -0.1) is 0 Å². The van der Waals surface area contributed by atoms with E-state index < -0.39 is 0 Å². The minimum absolute atomic E-state index is 0.0722. The summed E-state index contributed by atoms with van der Waals surface area (Å²) in [6.07, 6.45) is 1.87. The van der Waals surface area contributed by atoms with Crippen LogP contribution in [0, 0.1) is 5.82 Å². The number of hydrogen-bond acceptors (Lipinski definition) is 3. The molecule has 0 bridgehead atoms. The van der Waals surface area contributed by atoms with E-state index in [2.05, 4.69) is 10.00 Å². The minimum Gasteiger partial charge on any atom is -0.378 e. The van der Waals surface area contributed by atoms with Crippen LogP contribution in [0.25, 0.3) is 0 Å². The molecule has 0 aliphatic carbocycles. The summed E-state index contributed by atoms with van der Waals surface area (Å²) in [7, 11) is 1.71. The molecule has 4 nitrogen and oxygen atoms in total. The molecule has 5 heteroatoms. The van der Waals surface area contributed by atoms with Crippen LogP contribution in [0.4, 0.5) is 4.39 Å². The summed E-state index contributed by atoms with van der Waals surface area (Å²) in [4.78, 5) is 2.20. The van der Waals surface area contributed by atoms with Gasteiger partial charge in [0.05, 0.1) is 18.3 Å². The van der Waals surface area contributed by atoms with Gasteiger partial charge in [-0.2, -0.15) is 5.10 Å². The van der Waals surface area contributed by atoms with Gasteiger partial charge in [-0.3, -0.25) is 9.58 Å². The van der Waals surface area contributed by atoms with Crippen LogP contribution in [0.1, 0.15) is 11.3 Å². The zero-order valence-electron chi connectivity index (χ0n) is 11.5. The van der Waals surface area contributed by atoms with Gasteiger partial charge in [0.25, 0.3) is 0 Å². The Hall–Kier alpha value is -1.72. The van der Waals surface area contributed by atoms with Crippen LogP contribution in [0.2, 0.25) is 0 Å². The van der Waals surface area contributed by atoms with Crippen molar-refractivity contribution >= 4 is 0 Å². The fourth-order valence-electron chi connectivity index (χ4n) is 2.63. The van der Waals surface area contributed by atoms with Crippen molar-refractivity contribution in [2.45, 2.75) is 25.7 Å². The Kier molecular flexibility index (Phi) is 3.80. The lowest BCUT2D eigenvalue weighted by Crippen LogP contribution is -2.32. The fourth-order valence-corrected chi connectivity index (χ4v) is 2.63. The van der Waals surface area contributed by atoms with Crippen molar-refractivity contribution in [3.63, 3.8) is 0 Å². The van der Waals surface area contributed by atoms with Crippen molar-refractivity contribution in [2.75, 3.05) is 13.7 Å². The van der Waals surface area contributed by atoms with Crippen LogP contribution < -0.4 is 0 Å². The summed E-state index contributed by atoms with van der Waals surface area (Å²) in [6.45, 7) is 2.85. The van der Waals surface area contributed by atoms with E-state index in [1.165, 1.54) is 6.07 Å². The SMILES string of the molecule is CO[C@@H]1CN(Cc2ccccc2F)Cc2ccnn2C1. The molecule has 0 radical (unpaired) electrons. The number of ether oxygens (including phenoxy) is 1. The lowest BCUT2D eigenvalue weighted by Gasteiger charge is -2.23. The molecule has 0 N–H and O–H groups in total. The third-order valence-corrected chi connectivity index (χ3v) is 3.71.